The Bertz CT molecular complexity index is 1070. The third kappa shape index (κ3) is 6.33. The molecule has 3 heterocycles. The van der Waals surface area contributed by atoms with Gasteiger partial charge in [-0.3, -0.25) is 4.98 Å². The molecule has 190 valence electrons. The van der Waals surface area contributed by atoms with Gasteiger partial charge in [-0.25, -0.2) is 4.79 Å². The van der Waals surface area contributed by atoms with Crippen LogP contribution in [0.4, 0.5) is 4.79 Å². The van der Waals surface area contributed by atoms with E-state index in [-0.39, 0.29) is 18.1 Å². The highest BCUT2D eigenvalue weighted by Crippen LogP contribution is 2.37. The van der Waals surface area contributed by atoms with E-state index in [9.17, 15) is 4.79 Å². The number of carbonyl (C=O) groups excluding carboxylic acids is 1. The zero-order valence-electron chi connectivity index (χ0n) is 21.7. The van der Waals surface area contributed by atoms with E-state index in [1.807, 2.05) is 57.7 Å². The maximum Gasteiger partial charge on any atom is 0.410 e. The predicted molar refractivity (Wildman–Crippen MR) is 136 cm³/mol. The number of nitrogens with zero attached hydrogens (tertiary/aromatic N) is 2. The second-order valence-corrected chi connectivity index (χ2v) is 10.9. The molecule has 2 aromatic rings. The number of likely N-dealkylation sites (tertiary alicyclic amines) is 1. The summed E-state index contributed by atoms with van der Waals surface area (Å²) in [6.45, 7) is 11.4. The van der Waals surface area contributed by atoms with Gasteiger partial charge in [0.1, 0.15) is 11.4 Å². The fourth-order valence-electron chi connectivity index (χ4n) is 4.94. The number of fused-ring (bicyclic) bond motifs is 1. The van der Waals surface area contributed by atoms with Crippen LogP contribution in [0.3, 0.4) is 0 Å². The lowest BCUT2D eigenvalue weighted by molar-refractivity contribution is -0.149. The van der Waals surface area contributed by atoms with E-state index >= 15 is 0 Å². The Morgan fingerprint density at radius 1 is 1.31 bits per heavy atom. The first-order valence-corrected chi connectivity index (χ1v) is 12.4. The minimum absolute atomic E-state index is 0.0559. The smallest absolute Gasteiger partial charge is 0.410 e. The normalized spacial score (nSPS) is 24.7. The van der Waals surface area contributed by atoms with E-state index in [0.717, 1.165) is 35.1 Å². The molecule has 0 bridgehead atoms. The average Bonchev–Trinajstić information content (AvgIpc) is 3.17. The van der Waals surface area contributed by atoms with Crippen LogP contribution in [0.5, 0.6) is 5.75 Å². The van der Waals surface area contributed by atoms with Crippen LogP contribution in [0, 0.1) is 11.8 Å². The van der Waals surface area contributed by atoms with Crippen LogP contribution in [-0.4, -0.2) is 60.3 Å². The van der Waals surface area contributed by atoms with E-state index in [1.165, 1.54) is 0 Å². The number of allylic oxidation sites excluding steroid dienone is 1. The Labute approximate surface area is 208 Å². The first-order chi connectivity index (χ1) is 16.5. The van der Waals surface area contributed by atoms with Crippen LogP contribution in [0.15, 0.2) is 36.5 Å². The zero-order chi connectivity index (χ0) is 25.2. The SMILES string of the molecule is COc1cnc2cccc(/C=C/C[C@@H]3CCN(C(=O)OC(C)(C)C)C[C@@H]3C3COC(C)(C)O3)c2c1. The summed E-state index contributed by atoms with van der Waals surface area (Å²) in [5.41, 5.74) is 1.53. The number of aromatic nitrogens is 1. The van der Waals surface area contributed by atoms with Gasteiger partial charge in [0.25, 0.3) is 0 Å². The maximum atomic E-state index is 12.8. The van der Waals surface area contributed by atoms with E-state index < -0.39 is 11.4 Å². The lowest BCUT2D eigenvalue weighted by atomic mass is 9.79. The van der Waals surface area contributed by atoms with Gasteiger partial charge in [0.05, 0.1) is 31.5 Å². The first kappa shape index (κ1) is 25.5. The van der Waals surface area contributed by atoms with Gasteiger partial charge in [-0.05, 0) is 71.1 Å². The highest BCUT2D eigenvalue weighted by atomic mass is 16.7. The predicted octanol–water partition coefficient (Wildman–Crippen LogP) is 5.67. The number of carbonyl (C=O) groups is 1. The number of hydrogen-bond acceptors (Lipinski definition) is 6. The molecule has 2 saturated heterocycles. The molecule has 2 aliphatic heterocycles. The molecule has 1 unspecified atom stereocenters. The monoisotopic (exact) mass is 482 g/mol. The van der Waals surface area contributed by atoms with E-state index in [2.05, 4.69) is 23.2 Å². The maximum absolute atomic E-state index is 12.8. The van der Waals surface area contributed by atoms with Gasteiger partial charge in [-0.15, -0.1) is 0 Å². The summed E-state index contributed by atoms with van der Waals surface area (Å²) in [5, 5.41) is 1.06. The molecule has 4 rings (SSSR count). The van der Waals surface area contributed by atoms with Crippen molar-refractivity contribution in [1.29, 1.82) is 0 Å². The minimum atomic E-state index is -0.603. The molecule has 1 aromatic carbocycles. The molecule has 2 aliphatic rings. The van der Waals surface area contributed by atoms with Crippen LogP contribution >= 0.6 is 0 Å². The zero-order valence-corrected chi connectivity index (χ0v) is 21.7. The Morgan fingerprint density at radius 3 is 2.80 bits per heavy atom. The molecule has 7 nitrogen and oxygen atoms in total. The molecule has 1 aromatic heterocycles. The summed E-state index contributed by atoms with van der Waals surface area (Å²) < 4.78 is 23.1. The van der Waals surface area contributed by atoms with Gasteiger partial charge in [0.2, 0.25) is 0 Å². The Hall–Kier alpha value is -2.64. The van der Waals surface area contributed by atoms with Crippen LogP contribution in [0.25, 0.3) is 17.0 Å². The van der Waals surface area contributed by atoms with Crippen LogP contribution in [-0.2, 0) is 14.2 Å². The minimum Gasteiger partial charge on any atom is -0.495 e. The standard InChI is InChI=1S/C28H38N2O5/c1-27(2,3)35-26(31)30-14-13-20(23(17-30)25-18-33-28(4,5)34-25)10-7-9-19-11-8-12-24-22(19)15-21(32-6)16-29-24/h7-9,11-12,15-16,20,23,25H,10,13-14,17-18H2,1-6H3/b9-7+/t20-,23+,25?/m1/s1. The number of piperidine rings is 1. The third-order valence-electron chi connectivity index (χ3n) is 6.67. The van der Waals surface area contributed by atoms with Crippen molar-refractivity contribution < 1.29 is 23.7 Å². The fourth-order valence-corrected chi connectivity index (χ4v) is 4.94. The van der Waals surface area contributed by atoms with Gasteiger partial charge < -0.3 is 23.8 Å². The van der Waals surface area contributed by atoms with Gasteiger partial charge in [-0.1, -0.05) is 24.3 Å². The number of benzene rings is 1. The van der Waals surface area contributed by atoms with Gasteiger partial charge in [-0.2, -0.15) is 0 Å². The van der Waals surface area contributed by atoms with Gasteiger partial charge >= 0.3 is 6.09 Å². The highest BCUT2D eigenvalue weighted by molar-refractivity contribution is 5.88. The summed E-state index contributed by atoms with van der Waals surface area (Å²) >= 11 is 0. The number of ether oxygens (including phenoxy) is 4. The summed E-state index contributed by atoms with van der Waals surface area (Å²) in [7, 11) is 1.65. The highest BCUT2D eigenvalue weighted by Gasteiger charge is 2.43. The largest absolute Gasteiger partial charge is 0.495 e. The van der Waals surface area contributed by atoms with E-state index in [0.29, 0.717) is 25.6 Å². The van der Waals surface area contributed by atoms with Crippen molar-refractivity contribution in [2.24, 2.45) is 11.8 Å². The summed E-state index contributed by atoms with van der Waals surface area (Å²) in [6, 6.07) is 8.15. The van der Waals surface area contributed by atoms with Gasteiger partial charge in [0, 0.05) is 24.4 Å². The van der Waals surface area contributed by atoms with Gasteiger partial charge in [0.15, 0.2) is 5.79 Å². The van der Waals surface area contributed by atoms with E-state index in [1.54, 1.807) is 13.3 Å². The molecular formula is C28H38N2O5. The lowest BCUT2D eigenvalue weighted by Crippen LogP contribution is -2.49. The third-order valence-corrected chi connectivity index (χ3v) is 6.67. The number of pyridine rings is 1. The number of hydrogen-bond donors (Lipinski definition) is 0. The Morgan fingerprint density at radius 2 is 2.11 bits per heavy atom. The second-order valence-electron chi connectivity index (χ2n) is 10.9. The Balaban J connectivity index is 1.50. The topological polar surface area (TPSA) is 70.1 Å². The molecule has 0 spiro atoms. The van der Waals surface area contributed by atoms with Crippen LogP contribution in [0.1, 0.15) is 53.0 Å². The van der Waals surface area contributed by atoms with Crippen molar-refractivity contribution in [2.45, 2.75) is 65.0 Å². The summed E-state index contributed by atoms with van der Waals surface area (Å²) in [4.78, 5) is 19.1. The summed E-state index contributed by atoms with van der Waals surface area (Å²) in [5.74, 6) is 0.676. The van der Waals surface area contributed by atoms with Crippen molar-refractivity contribution in [1.82, 2.24) is 9.88 Å². The molecule has 2 fully saturated rings. The van der Waals surface area contributed by atoms with Crippen LogP contribution in [0.2, 0.25) is 0 Å². The lowest BCUT2D eigenvalue weighted by Gasteiger charge is -2.41. The number of methoxy groups -OCH3 is 1. The van der Waals surface area contributed by atoms with Crippen molar-refractivity contribution in [2.75, 3.05) is 26.8 Å². The van der Waals surface area contributed by atoms with E-state index in [4.69, 9.17) is 18.9 Å². The second kappa shape index (κ2) is 10.2. The summed E-state index contributed by atoms with van der Waals surface area (Å²) in [6.07, 6.45) is 7.60. The fraction of sp³-hybridized carbons (Fsp3) is 0.571. The molecule has 0 aliphatic carbocycles. The molecule has 7 heteroatoms. The number of amides is 1. The Kier molecular flexibility index (Phi) is 7.38. The van der Waals surface area contributed by atoms with Crippen LogP contribution < -0.4 is 4.74 Å². The van der Waals surface area contributed by atoms with Crippen molar-refractivity contribution >= 4 is 23.1 Å². The first-order valence-electron chi connectivity index (χ1n) is 12.4. The average molecular weight is 483 g/mol. The molecule has 3 atom stereocenters. The molecule has 0 radical (unpaired) electrons. The van der Waals surface area contributed by atoms with Crippen molar-refractivity contribution in [3.05, 3.63) is 42.1 Å². The molecular weight excluding hydrogens is 444 g/mol. The molecule has 35 heavy (non-hydrogen) atoms. The number of rotatable bonds is 5. The molecule has 1 amide bonds. The molecule has 0 N–H and O–H groups in total. The molecule has 0 saturated carbocycles. The quantitative estimate of drug-likeness (QED) is 0.547. The van der Waals surface area contributed by atoms with Crippen molar-refractivity contribution in [3.63, 3.8) is 0 Å². The van der Waals surface area contributed by atoms with Crippen molar-refractivity contribution in [3.8, 4) is 5.75 Å².